The maximum absolute atomic E-state index is 5.74. The molecule has 0 saturated heterocycles. The van der Waals surface area contributed by atoms with E-state index >= 15 is 0 Å². The van der Waals surface area contributed by atoms with Crippen LogP contribution in [0.4, 0.5) is 0 Å². The van der Waals surface area contributed by atoms with Crippen LogP contribution in [0.15, 0.2) is 24.3 Å². The highest BCUT2D eigenvalue weighted by Crippen LogP contribution is 2.26. The van der Waals surface area contributed by atoms with E-state index in [9.17, 15) is 0 Å². The summed E-state index contributed by atoms with van der Waals surface area (Å²) in [6, 6.07) is 7.93. The fourth-order valence-electron chi connectivity index (χ4n) is 2.44. The summed E-state index contributed by atoms with van der Waals surface area (Å²) in [4.78, 5) is 0. The van der Waals surface area contributed by atoms with Gasteiger partial charge in [-0.05, 0) is 50.4 Å². The number of ether oxygens (including phenoxy) is 1. The molecule has 0 amide bonds. The van der Waals surface area contributed by atoms with Gasteiger partial charge in [0.15, 0.2) is 0 Å². The van der Waals surface area contributed by atoms with E-state index in [2.05, 4.69) is 25.9 Å². The summed E-state index contributed by atoms with van der Waals surface area (Å²) in [6.07, 6.45) is 0.962. The number of hydrogen-bond acceptors (Lipinski definition) is 3. The number of hydrogen-bond donors (Lipinski definition) is 1. The second-order valence-corrected chi connectivity index (χ2v) is 5.28. The quantitative estimate of drug-likeness (QED) is 0.911. The molecule has 0 fully saturated rings. The van der Waals surface area contributed by atoms with Crippen LogP contribution < -0.4 is 10.5 Å². The molecule has 1 heterocycles. The van der Waals surface area contributed by atoms with E-state index in [1.165, 1.54) is 5.56 Å². The summed E-state index contributed by atoms with van der Waals surface area (Å²) in [6.45, 7) is 7.01. The molecule has 0 aliphatic heterocycles. The standard InChI is InChI=1S/C16H23N3O/c1-11(10-17)9-14-12(2)18-19(13(14)3)15-7-5-6-8-16(15)20-4/h5-8,11H,9-10,17H2,1-4H3. The molecule has 1 unspecified atom stereocenters. The smallest absolute Gasteiger partial charge is 0.144 e. The van der Waals surface area contributed by atoms with Crippen LogP contribution in [0.1, 0.15) is 23.9 Å². The number of aryl methyl sites for hydroxylation is 1. The van der Waals surface area contributed by atoms with E-state index in [4.69, 9.17) is 10.5 Å². The van der Waals surface area contributed by atoms with Crippen LogP contribution in [0.3, 0.4) is 0 Å². The molecule has 4 heteroatoms. The molecule has 0 aliphatic rings. The molecular weight excluding hydrogens is 250 g/mol. The number of aromatic nitrogens is 2. The van der Waals surface area contributed by atoms with Crippen LogP contribution in [0, 0.1) is 19.8 Å². The fraction of sp³-hybridized carbons (Fsp3) is 0.438. The Kier molecular flexibility index (Phi) is 4.45. The Morgan fingerprint density at radius 2 is 2.00 bits per heavy atom. The number of benzene rings is 1. The molecule has 108 valence electrons. The van der Waals surface area contributed by atoms with Gasteiger partial charge in [-0.15, -0.1) is 0 Å². The molecule has 2 N–H and O–H groups in total. The lowest BCUT2D eigenvalue weighted by molar-refractivity contribution is 0.411. The minimum Gasteiger partial charge on any atom is -0.494 e. The molecule has 2 rings (SSSR count). The molecule has 2 aromatic rings. The lowest BCUT2D eigenvalue weighted by atomic mass is 10.00. The first kappa shape index (κ1) is 14.6. The van der Waals surface area contributed by atoms with Crippen molar-refractivity contribution < 1.29 is 4.74 Å². The van der Waals surface area contributed by atoms with E-state index in [1.54, 1.807) is 7.11 Å². The Morgan fingerprint density at radius 1 is 1.30 bits per heavy atom. The summed E-state index contributed by atoms with van der Waals surface area (Å²) in [5.41, 5.74) is 10.2. The van der Waals surface area contributed by atoms with Gasteiger partial charge < -0.3 is 10.5 Å². The number of methoxy groups -OCH3 is 1. The molecule has 0 bridgehead atoms. The monoisotopic (exact) mass is 273 g/mol. The van der Waals surface area contributed by atoms with Gasteiger partial charge in [-0.1, -0.05) is 19.1 Å². The Bertz CT molecular complexity index is 589. The first-order valence-corrected chi connectivity index (χ1v) is 6.97. The van der Waals surface area contributed by atoms with Crippen LogP contribution in [-0.4, -0.2) is 23.4 Å². The molecule has 4 nitrogen and oxygen atoms in total. The van der Waals surface area contributed by atoms with E-state index in [-0.39, 0.29) is 0 Å². The lowest BCUT2D eigenvalue weighted by Gasteiger charge is -2.11. The maximum atomic E-state index is 5.74. The van der Waals surface area contributed by atoms with Gasteiger partial charge in [0, 0.05) is 5.69 Å². The third-order valence-electron chi connectivity index (χ3n) is 3.71. The van der Waals surface area contributed by atoms with Gasteiger partial charge in [0.1, 0.15) is 11.4 Å². The number of nitrogens with two attached hydrogens (primary N) is 1. The van der Waals surface area contributed by atoms with Crippen molar-refractivity contribution in [3.63, 3.8) is 0 Å². The van der Waals surface area contributed by atoms with Gasteiger partial charge in [0.2, 0.25) is 0 Å². The summed E-state index contributed by atoms with van der Waals surface area (Å²) in [7, 11) is 1.68. The Labute approximate surface area is 120 Å². The Morgan fingerprint density at radius 3 is 2.65 bits per heavy atom. The summed E-state index contributed by atoms with van der Waals surface area (Å²) in [5, 5.41) is 4.67. The predicted octanol–water partition coefficient (Wildman–Crippen LogP) is 2.64. The zero-order valence-corrected chi connectivity index (χ0v) is 12.7. The largest absolute Gasteiger partial charge is 0.494 e. The topological polar surface area (TPSA) is 53.1 Å². The first-order valence-electron chi connectivity index (χ1n) is 6.97. The van der Waals surface area contributed by atoms with Crippen LogP contribution >= 0.6 is 0 Å². The van der Waals surface area contributed by atoms with Crippen LogP contribution in [-0.2, 0) is 6.42 Å². The highest BCUT2D eigenvalue weighted by atomic mass is 16.5. The second kappa shape index (κ2) is 6.09. The highest BCUT2D eigenvalue weighted by molar-refractivity contribution is 5.48. The Balaban J connectivity index is 2.46. The molecule has 1 atom stereocenters. The molecule has 0 saturated carbocycles. The third kappa shape index (κ3) is 2.70. The van der Waals surface area contributed by atoms with Gasteiger partial charge in [-0.2, -0.15) is 5.10 Å². The van der Waals surface area contributed by atoms with Gasteiger partial charge in [0.25, 0.3) is 0 Å². The van der Waals surface area contributed by atoms with Crippen LogP contribution in [0.5, 0.6) is 5.75 Å². The highest BCUT2D eigenvalue weighted by Gasteiger charge is 2.16. The molecule has 1 aromatic carbocycles. The number of nitrogens with zero attached hydrogens (tertiary/aromatic N) is 2. The molecule has 0 radical (unpaired) electrons. The van der Waals surface area contributed by atoms with Crippen molar-refractivity contribution in [2.45, 2.75) is 27.2 Å². The zero-order chi connectivity index (χ0) is 14.7. The van der Waals surface area contributed by atoms with Crippen LogP contribution in [0.25, 0.3) is 5.69 Å². The number of rotatable bonds is 5. The normalized spacial score (nSPS) is 12.4. The van der Waals surface area contributed by atoms with Crippen molar-refractivity contribution in [1.82, 2.24) is 9.78 Å². The fourth-order valence-corrected chi connectivity index (χ4v) is 2.44. The van der Waals surface area contributed by atoms with Gasteiger partial charge in [-0.3, -0.25) is 0 Å². The number of para-hydroxylation sites is 2. The zero-order valence-electron chi connectivity index (χ0n) is 12.7. The summed E-state index contributed by atoms with van der Waals surface area (Å²) >= 11 is 0. The van der Waals surface area contributed by atoms with Gasteiger partial charge in [0.05, 0.1) is 12.8 Å². The molecule has 1 aromatic heterocycles. The molecular formula is C16H23N3O. The van der Waals surface area contributed by atoms with E-state index in [0.717, 1.165) is 29.2 Å². The van der Waals surface area contributed by atoms with Crippen molar-refractivity contribution in [3.05, 3.63) is 41.2 Å². The van der Waals surface area contributed by atoms with E-state index in [1.807, 2.05) is 28.9 Å². The molecule has 0 aliphatic carbocycles. The third-order valence-corrected chi connectivity index (χ3v) is 3.71. The second-order valence-electron chi connectivity index (χ2n) is 5.28. The van der Waals surface area contributed by atoms with Crippen molar-refractivity contribution in [2.75, 3.05) is 13.7 Å². The first-order chi connectivity index (χ1) is 9.58. The van der Waals surface area contributed by atoms with Crippen molar-refractivity contribution in [1.29, 1.82) is 0 Å². The van der Waals surface area contributed by atoms with E-state index in [0.29, 0.717) is 12.5 Å². The Hall–Kier alpha value is -1.81. The maximum Gasteiger partial charge on any atom is 0.144 e. The van der Waals surface area contributed by atoms with Crippen molar-refractivity contribution in [3.8, 4) is 11.4 Å². The van der Waals surface area contributed by atoms with Gasteiger partial charge in [-0.25, -0.2) is 4.68 Å². The average molecular weight is 273 g/mol. The predicted molar refractivity (Wildman–Crippen MR) is 81.5 cm³/mol. The van der Waals surface area contributed by atoms with E-state index < -0.39 is 0 Å². The summed E-state index contributed by atoms with van der Waals surface area (Å²) in [5.74, 6) is 1.29. The minimum absolute atomic E-state index is 0.461. The van der Waals surface area contributed by atoms with Crippen molar-refractivity contribution >= 4 is 0 Å². The molecule has 20 heavy (non-hydrogen) atoms. The SMILES string of the molecule is COc1ccccc1-n1nc(C)c(CC(C)CN)c1C. The lowest BCUT2D eigenvalue weighted by Crippen LogP contribution is -2.14. The van der Waals surface area contributed by atoms with Crippen LogP contribution in [0.2, 0.25) is 0 Å². The minimum atomic E-state index is 0.461. The molecule has 0 spiro atoms. The summed E-state index contributed by atoms with van der Waals surface area (Å²) < 4.78 is 7.39. The van der Waals surface area contributed by atoms with Gasteiger partial charge >= 0.3 is 0 Å². The average Bonchev–Trinajstić information content (AvgIpc) is 2.75. The van der Waals surface area contributed by atoms with Crippen molar-refractivity contribution in [2.24, 2.45) is 11.7 Å².